The highest BCUT2D eigenvalue weighted by Crippen LogP contribution is 2.30. The molecule has 0 radical (unpaired) electrons. The Kier molecular flexibility index (Phi) is 4.05. The summed E-state index contributed by atoms with van der Waals surface area (Å²) in [6, 6.07) is 14.2. The molecule has 4 aromatic rings. The first-order chi connectivity index (χ1) is 12.9. The zero-order chi connectivity index (χ0) is 19.0. The van der Waals surface area contributed by atoms with E-state index in [1.807, 2.05) is 24.3 Å². The number of anilines is 1. The van der Waals surface area contributed by atoms with Crippen LogP contribution in [0.15, 0.2) is 48.7 Å². The highest BCUT2D eigenvalue weighted by Gasteiger charge is 2.34. The van der Waals surface area contributed by atoms with Crippen LogP contribution in [0.5, 0.6) is 0 Å². The number of hydrogen-bond donors (Lipinski definition) is 2. The monoisotopic (exact) mass is 385 g/mol. The summed E-state index contributed by atoms with van der Waals surface area (Å²) in [4.78, 5) is 10.2. The average Bonchev–Trinajstić information content (AvgIpc) is 3.25. The van der Waals surface area contributed by atoms with Crippen molar-refractivity contribution in [2.24, 2.45) is 0 Å². The number of rotatable bonds is 3. The van der Waals surface area contributed by atoms with Crippen molar-refractivity contribution in [3.05, 3.63) is 59.5 Å². The van der Waals surface area contributed by atoms with Gasteiger partial charge in [-0.15, -0.1) is 11.3 Å². The highest BCUT2D eigenvalue weighted by molar-refractivity contribution is 7.19. The molecule has 0 atom stereocenters. The van der Waals surface area contributed by atoms with Crippen LogP contribution in [-0.4, -0.2) is 15.0 Å². The van der Waals surface area contributed by atoms with Crippen LogP contribution in [0.3, 0.4) is 0 Å². The molecule has 5 nitrogen and oxygen atoms in total. The second kappa shape index (κ2) is 6.41. The molecule has 2 aromatic heterocycles. The Morgan fingerprint density at radius 2 is 1.96 bits per heavy atom. The number of allylic oxidation sites excluding steroid dienone is 1. The average molecular weight is 385 g/mol. The van der Waals surface area contributed by atoms with Gasteiger partial charge in [0, 0.05) is 11.9 Å². The van der Waals surface area contributed by atoms with Crippen LogP contribution in [0.25, 0.3) is 26.8 Å². The number of benzene rings is 2. The van der Waals surface area contributed by atoms with E-state index < -0.39 is 12.0 Å². The van der Waals surface area contributed by atoms with E-state index in [9.17, 15) is 18.4 Å². The van der Waals surface area contributed by atoms with Gasteiger partial charge in [0.1, 0.15) is 16.6 Å². The molecule has 2 N–H and O–H groups in total. The Morgan fingerprint density at radius 1 is 1.15 bits per heavy atom. The first-order valence-corrected chi connectivity index (χ1v) is 8.55. The summed E-state index contributed by atoms with van der Waals surface area (Å²) in [6.45, 7) is 0. The van der Waals surface area contributed by atoms with Gasteiger partial charge in [-0.2, -0.15) is 18.4 Å². The standard InChI is InChI=1S/C18H10F3N5S/c19-18(20,21)17-25-12-6-5-11(7-14(12)26-17)23-9-10(8-22)16-24-13-3-1-2-4-15(13)27-16/h1-7,9,23H,(H,25,26)/b10-9+. The maximum atomic E-state index is 12.7. The van der Waals surface area contributed by atoms with Gasteiger partial charge in [0.25, 0.3) is 0 Å². The second-order valence-corrected chi connectivity index (χ2v) is 6.65. The third-order valence-electron chi connectivity index (χ3n) is 3.78. The van der Waals surface area contributed by atoms with Crippen LogP contribution in [0.2, 0.25) is 0 Å². The Bertz CT molecular complexity index is 1180. The largest absolute Gasteiger partial charge is 0.449 e. The van der Waals surface area contributed by atoms with Crippen LogP contribution < -0.4 is 5.32 Å². The van der Waals surface area contributed by atoms with Gasteiger partial charge in [-0.25, -0.2) is 9.97 Å². The fourth-order valence-electron chi connectivity index (χ4n) is 2.52. The number of alkyl halides is 3. The molecule has 2 aromatic carbocycles. The lowest BCUT2D eigenvalue weighted by molar-refractivity contribution is -0.144. The summed E-state index contributed by atoms with van der Waals surface area (Å²) >= 11 is 1.39. The fraction of sp³-hybridized carbons (Fsp3) is 0.0556. The molecule has 0 fully saturated rings. The summed E-state index contributed by atoms with van der Waals surface area (Å²) < 4.78 is 39.2. The number of para-hydroxylation sites is 1. The maximum absolute atomic E-state index is 12.7. The molecule has 0 aliphatic rings. The summed E-state index contributed by atoms with van der Waals surface area (Å²) in [6.07, 6.45) is -3.05. The van der Waals surface area contributed by atoms with Crippen molar-refractivity contribution in [2.75, 3.05) is 5.32 Å². The van der Waals surface area contributed by atoms with E-state index >= 15 is 0 Å². The molecule has 9 heteroatoms. The van der Waals surface area contributed by atoms with Gasteiger partial charge in [-0.05, 0) is 30.3 Å². The molecule has 134 valence electrons. The molecule has 0 aliphatic heterocycles. The van der Waals surface area contributed by atoms with E-state index in [0.29, 0.717) is 16.3 Å². The van der Waals surface area contributed by atoms with Gasteiger partial charge in [0.05, 0.1) is 21.3 Å². The van der Waals surface area contributed by atoms with E-state index in [0.717, 1.165) is 10.2 Å². The van der Waals surface area contributed by atoms with Crippen molar-refractivity contribution in [1.29, 1.82) is 5.26 Å². The lowest BCUT2D eigenvalue weighted by Crippen LogP contribution is -2.06. The normalized spacial score (nSPS) is 12.4. The second-order valence-electron chi connectivity index (χ2n) is 5.62. The van der Waals surface area contributed by atoms with Crippen molar-refractivity contribution in [3.8, 4) is 6.07 Å². The third kappa shape index (κ3) is 3.35. The summed E-state index contributed by atoms with van der Waals surface area (Å²) in [5, 5.41) is 12.9. The number of aromatic amines is 1. The Morgan fingerprint density at radius 3 is 2.70 bits per heavy atom. The van der Waals surface area contributed by atoms with Gasteiger partial charge >= 0.3 is 6.18 Å². The quantitative estimate of drug-likeness (QED) is 0.477. The number of nitrogens with zero attached hydrogens (tertiary/aromatic N) is 3. The number of imidazole rings is 1. The van der Waals surface area contributed by atoms with E-state index in [1.54, 1.807) is 6.07 Å². The van der Waals surface area contributed by atoms with Crippen molar-refractivity contribution in [2.45, 2.75) is 6.18 Å². The van der Waals surface area contributed by atoms with E-state index in [-0.39, 0.29) is 11.0 Å². The molecule has 27 heavy (non-hydrogen) atoms. The van der Waals surface area contributed by atoms with Crippen molar-refractivity contribution < 1.29 is 13.2 Å². The first kappa shape index (κ1) is 17.1. The molecular weight excluding hydrogens is 375 g/mol. The third-order valence-corrected chi connectivity index (χ3v) is 4.85. The number of fused-ring (bicyclic) bond motifs is 2. The lowest BCUT2D eigenvalue weighted by Gasteiger charge is -2.01. The Labute approximate surface area is 154 Å². The van der Waals surface area contributed by atoms with E-state index in [2.05, 4.69) is 26.3 Å². The van der Waals surface area contributed by atoms with E-state index in [1.165, 1.54) is 29.7 Å². The van der Waals surface area contributed by atoms with Crippen molar-refractivity contribution in [3.63, 3.8) is 0 Å². The summed E-state index contributed by atoms with van der Waals surface area (Å²) in [7, 11) is 0. The molecule has 0 unspecified atom stereocenters. The topological polar surface area (TPSA) is 77.4 Å². The number of halogens is 3. The molecule has 0 amide bonds. The number of thiazole rings is 1. The van der Waals surface area contributed by atoms with Crippen LogP contribution in [0, 0.1) is 11.3 Å². The number of nitrogens with one attached hydrogen (secondary N) is 2. The molecule has 4 rings (SSSR count). The first-order valence-electron chi connectivity index (χ1n) is 7.74. The van der Waals surface area contributed by atoms with Gasteiger partial charge in [-0.3, -0.25) is 0 Å². The Balaban J connectivity index is 1.63. The number of H-pyrrole nitrogens is 1. The van der Waals surface area contributed by atoms with E-state index in [4.69, 9.17) is 0 Å². The summed E-state index contributed by atoms with van der Waals surface area (Å²) in [5.41, 5.74) is 2.12. The lowest BCUT2D eigenvalue weighted by atomic mass is 10.2. The number of aromatic nitrogens is 3. The van der Waals surface area contributed by atoms with Crippen LogP contribution in [0.1, 0.15) is 10.8 Å². The minimum Gasteiger partial charge on any atom is -0.360 e. The maximum Gasteiger partial charge on any atom is 0.449 e. The minimum atomic E-state index is -4.53. The smallest absolute Gasteiger partial charge is 0.360 e. The van der Waals surface area contributed by atoms with Crippen LogP contribution in [0.4, 0.5) is 18.9 Å². The number of nitriles is 1. The number of hydrogen-bond acceptors (Lipinski definition) is 5. The van der Waals surface area contributed by atoms with Crippen molar-refractivity contribution >= 4 is 43.8 Å². The van der Waals surface area contributed by atoms with Gasteiger partial charge in [0.15, 0.2) is 0 Å². The predicted molar refractivity (Wildman–Crippen MR) is 97.9 cm³/mol. The van der Waals surface area contributed by atoms with Crippen molar-refractivity contribution in [1.82, 2.24) is 15.0 Å². The summed E-state index contributed by atoms with van der Waals surface area (Å²) in [5.74, 6) is -1.04. The molecule has 0 aliphatic carbocycles. The molecular formula is C18H10F3N5S. The SMILES string of the molecule is N#C/C(=C\Nc1ccc2nc(C(F)(F)F)[nH]c2c1)c1nc2ccccc2s1. The van der Waals surface area contributed by atoms with Gasteiger partial charge in [-0.1, -0.05) is 12.1 Å². The zero-order valence-corrected chi connectivity index (χ0v) is 14.3. The van der Waals surface area contributed by atoms with Crippen LogP contribution in [-0.2, 0) is 6.18 Å². The molecule has 0 spiro atoms. The molecule has 0 saturated carbocycles. The van der Waals surface area contributed by atoms with Gasteiger partial charge < -0.3 is 10.3 Å². The fourth-order valence-corrected chi connectivity index (χ4v) is 3.45. The predicted octanol–water partition coefficient (Wildman–Crippen LogP) is 5.17. The van der Waals surface area contributed by atoms with Gasteiger partial charge in [0.2, 0.25) is 5.82 Å². The minimum absolute atomic E-state index is 0.212. The molecule has 0 saturated heterocycles. The Hall–Kier alpha value is -3.38. The molecule has 0 bridgehead atoms. The molecule has 2 heterocycles. The highest BCUT2D eigenvalue weighted by atomic mass is 32.1. The zero-order valence-electron chi connectivity index (χ0n) is 13.5. The van der Waals surface area contributed by atoms with Crippen LogP contribution >= 0.6 is 11.3 Å².